The van der Waals surface area contributed by atoms with Gasteiger partial charge in [-0.3, -0.25) is 4.79 Å². The summed E-state index contributed by atoms with van der Waals surface area (Å²) in [6.07, 6.45) is -0.460. The van der Waals surface area contributed by atoms with Gasteiger partial charge >= 0.3 is 0 Å². The van der Waals surface area contributed by atoms with Crippen LogP contribution in [-0.4, -0.2) is 38.1 Å². The molecule has 16 heavy (non-hydrogen) atoms. The molecule has 0 aliphatic heterocycles. The van der Waals surface area contributed by atoms with E-state index in [1.807, 2.05) is 6.92 Å². The molecule has 0 spiro atoms. The number of ether oxygens (including phenoxy) is 1. The third-order valence-corrected chi connectivity index (χ3v) is 1.92. The van der Waals surface area contributed by atoms with Crippen molar-refractivity contribution in [3.8, 4) is 0 Å². The molecule has 1 amide bonds. The summed E-state index contributed by atoms with van der Waals surface area (Å²) in [7, 11) is 0. The predicted octanol–water partition coefficient (Wildman–Crippen LogP) is 0.902. The molecule has 3 N–H and O–H groups in total. The summed E-state index contributed by atoms with van der Waals surface area (Å²) in [4.78, 5) is 11.2. The maximum Gasteiger partial charge on any atom is 0.261 e. The largest absolute Gasteiger partial charge is 0.374 e. The molecule has 1 unspecified atom stereocenters. The summed E-state index contributed by atoms with van der Waals surface area (Å²) in [5, 5.41) is 2.56. The molecule has 0 rings (SSSR count). The Balaban J connectivity index is 3.36. The molecule has 0 aliphatic rings. The number of nitrogens with one attached hydrogen (secondary N) is 1. The van der Waals surface area contributed by atoms with E-state index in [1.54, 1.807) is 0 Å². The second-order valence-corrected chi connectivity index (χ2v) is 3.57. The number of amides is 1. The fourth-order valence-electron chi connectivity index (χ4n) is 1.22. The van der Waals surface area contributed by atoms with E-state index in [0.717, 1.165) is 12.8 Å². The summed E-state index contributed by atoms with van der Waals surface area (Å²) in [5.41, 5.74) is 5.66. The Hall–Kier alpha value is -0.750. The van der Waals surface area contributed by atoms with Crippen molar-refractivity contribution in [2.24, 2.45) is 5.73 Å². The van der Waals surface area contributed by atoms with Crippen LogP contribution in [0.3, 0.4) is 0 Å². The zero-order valence-corrected chi connectivity index (χ0v) is 9.55. The molecule has 0 aromatic heterocycles. The van der Waals surface area contributed by atoms with E-state index in [4.69, 9.17) is 5.73 Å². The Bertz CT molecular complexity index is 192. The van der Waals surface area contributed by atoms with Crippen molar-refractivity contribution in [2.75, 3.05) is 19.8 Å². The van der Waals surface area contributed by atoms with Crippen LogP contribution in [0, 0.1) is 0 Å². The highest BCUT2D eigenvalue weighted by molar-refractivity contribution is 5.76. The van der Waals surface area contributed by atoms with Crippen LogP contribution < -0.4 is 11.1 Å². The number of rotatable bonds is 9. The van der Waals surface area contributed by atoms with Crippen molar-refractivity contribution in [2.45, 2.75) is 38.7 Å². The second kappa shape index (κ2) is 9.47. The van der Waals surface area contributed by atoms with Gasteiger partial charge in [0.25, 0.3) is 6.43 Å². The van der Waals surface area contributed by atoms with Gasteiger partial charge in [0.05, 0.1) is 6.61 Å². The smallest absolute Gasteiger partial charge is 0.261 e. The molecule has 0 radical (unpaired) electrons. The Morgan fingerprint density at radius 3 is 2.75 bits per heavy atom. The van der Waals surface area contributed by atoms with Crippen molar-refractivity contribution in [1.82, 2.24) is 5.32 Å². The Morgan fingerprint density at radius 2 is 2.19 bits per heavy atom. The van der Waals surface area contributed by atoms with Crippen LogP contribution in [-0.2, 0) is 9.53 Å². The van der Waals surface area contributed by atoms with E-state index in [9.17, 15) is 13.6 Å². The summed E-state index contributed by atoms with van der Waals surface area (Å²) < 4.78 is 27.9. The van der Waals surface area contributed by atoms with Crippen LogP contribution in [0.25, 0.3) is 0 Å². The average Bonchev–Trinajstić information content (AvgIpc) is 2.16. The van der Waals surface area contributed by atoms with E-state index in [0.29, 0.717) is 0 Å². The van der Waals surface area contributed by atoms with E-state index in [1.165, 1.54) is 0 Å². The minimum Gasteiger partial charge on any atom is -0.374 e. The van der Waals surface area contributed by atoms with Crippen molar-refractivity contribution < 1.29 is 18.3 Å². The Kier molecular flexibility index (Phi) is 9.03. The maximum absolute atomic E-state index is 11.6. The minimum absolute atomic E-state index is 0.0963. The fraction of sp³-hybridized carbons (Fsp3) is 0.900. The third-order valence-electron chi connectivity index (χ3n) is 1.92. The lowest BCUT2D eigenvalue weighted by molar-refractivity contribution is -0.121. The molecular formula is C10H20F2N2O2. The van der Waals surface area contributed by atoms with Gasteiger partial charge in [0.2, 0.25) is 5.91 Å². The molecule has 4 nitrogen and oxygen atoms in total. The summed E-state index contributed by atoms with van der Waals surface area (Å²) in [5.74, 6) is -0.165. The topological polar surface area (TPSA) is 64.4 Å². The summed E-state index contributed by atoms with van der Waals surface area (Å²) in [6.45, 7) is 1.74. The van der Waals surface area contributed by atoms with Gasteiger partial charge in [-0.15, -0.1) is 0 Å². The normalized spacial score (nSPS) is 12.8. The van der Waals surface area contributed by atoms with Crippen LogP contribution in [0.2, 0.25) is 0 Å². The lowest BCUT2D eigenvalue weighted by atomic mass is 10.1. The van der Waals surface area contributed by atoms with Crippen molar-refractivity contribution in [1.29, 1.82) is 0 Å². The average molecular weight is 238 g/mol. The Labute approximate surface area is 94.5 Å². The van der Waals surface area contributed by atoms with Crippen LogP contribution >= 0.6 is 0 Å². The first-order chi connectivity index (χ1) is 7.56. The van der Waals surface area contributed by atoms with E-state index < -0.39 is 13.0 Å². The van der Waals surface area contributed by atoms with Crippen LogP contribution in [0.15, 0.2) is 0 Å². The van der Waals surface area contributed by atoms with Gasteiger partial charge in [0.1, 0.15) is 6.61 Å². The number of alkyl halides is 2. The van der Waals surface area contributed by atoms with Gasteiger partial charge < -0.3 is 15.8 Å². The summed E-state index contributed by atoms with van der Waals surface area (Å²) in [6, 6.07) is -0.132. The van der Waals surface area contributed by atoms with Gasteiger partial charge in [-0.1, -0.05) is 13.3 Å². The number of nitrogens with two attached hydrogens (primary N) is 1. The highest BCUT2D eigenvalue weighted by Crippen LogP contribution is 1.97. The molecular weight excluding hydrogens is 218 g/mol. The van der Waals surface area contributed by atoms with Crippen molar-refractivity contribution in [3.05, 3.63) is 0 Å². The van der Waals surface area contributed by atoms with Gasteiger partial charge in [-0.25, -0.2) is 8.78 Å². The Morgan fingerprint density at radius 1 is 1.50 bits per heavy atom. The maximum atomic E-state index is 11.6. The highest BCUT2D eigenvalue weighted by Gasteiger charge is 2.08. The molecule has 96 valence electrons. The predicted molar refractivity (Wildman–Crippen MR) is 57.3 cm³/mol. The van der Waals surface area contributed by atoms with E-state index in [2.05, 4.69) is 10.1 Å². The number of halogens is 2. The third kappa shape index (κ3) is 9.79. The highest BCUT2D eigenvalue weighted by atomic mass is 19.3. The zero-order chi connectivity index (χ0) is 12.4. The number of hydrogen-bond acceptors (Lipinski definition) is 3. The van der Waals surface area contributed by atoms with E-state index in [-0.39, 0.29) is 31.5 Å². The van der Waals surface area contributed by atoms with Gasteiger partial charge in [-0.2, -0.15) is 0 Å². The SMILES string of the molecule is CCCC(N)CC(=O)NCCOCC(F)F. The molecule has 0 heterocycles. The van der Waals surface area contributed by atoms with E-state index >= 15 is 0 Å². The summed E-state index contributed by atoms with van der Waals surface area (Å²) >= 11 is 0. The monoisotopic (exact) mass is 238 g/mol. The lowest BCUT2D eigenvalue weighted by Gasteiger charge is -2.10. The molecule has 0 bridgehead atoms. The number of carbonyl (C=O) groups excluding carboxylic acids is 1. The van der Waals surface area contributed by atoms with Crippen molar-refractivity contribution in [3.63, 3.8) is 0 Å². The molecule has 0 fully saturated rings. The molecule has 0 aliphatic carbocycles. The molecule has 0 saturated carbocycles. The molecule has 6 heteroatoms. The first kappa shape index (κ1) is 15.2. The second-order valence-electron chi connectivity index (χ2n) is 3.57. The van der Waals surface area contributed by atoms with Crippen LogP contribution in [0.1, 0.15) is 26.2 Å². The van der Waals surface area contributed by atoms with Crippen molar-refractivity contribution >= 4 is 5.91 Å². The molecule has 1 atom stereocenters. The van der Waals surface area contributed by atoms with Crippen LogP contribution in [0.4, 0.5) is 8.78 Å². The zero-order valence-electron chi connectivity index (χ0n) is 9.55. The van der Waals surface area contributed by atoms with Gasteiger partial charge in [0, 0.05) is 19.0 Å². The molecule has 0 aromatic rings. The standard InChI is InChI=1S/C10H20F2N2O2/c1-2-3-8(13)6-10(15)14-4-5-16-7-9(11)12/h8-9H,2-7,13H2,1H3,(H,14,15). The number of hydrogen-bond donors (Lipinski definition) is 2. The van der Waals surface area contributed by atoms with Gasteiger partial charge in [0.15, 0.2) is 0 Å². The van der Waals surface area contributed by atoms with Crippen LogP contribution in [0.5, 0.6) is 0 Å². The van der Waals surface area contributed by atoms with Gasteiger partial charge in [-0.05, 0) is 6.42 Å². The lowest BCUT2D eigenvalue weighted by Crippen LogP contribution is -2.33. The quantitative estimate of drug-likeness (QED) is 0.587. The fourth-order valence-corrected chi connectivity index (χ4v) is 1.22. The molecule has 0 saturated heterocycles. The first-order valence-electron chi connectivity index (χ1n) is 5.44. The number of carbonyl (C=O) groups is 1. The first-order valence-corrected chi connectivity index (χ1v) is 5.44. The minimum atomic E-state index is -2.46. The molecule has 0 aromatic carbocycles.